The first-order valence-electron chi connectivity index (χ1n) is 9.34. The number of nitrogens with zero attached hydrogens (tertiary/aromatic N) is 1. The minimum atomic E-state index is -3.86. The van der Waals surface area contributed by atoms with E-state index in [1.807, 2.05) is 12.1 Å². The Balaban J connectivity index is 1.65. The molecule has 1 amide bonds. The summed E-state index contributed by atoms with van der Waals surface area (Å²) < 4.78 is 42.1. The fourth-order valence-corrected chi connectivity index (χ4v) is 5.23. The van der Waals surface area contributed by atoms with E-state index < -0.39 is 21.7 Å². The molecule has 0 spiro atoms. The van der Waals surface area contributed by atoms with Crippen molar-refractivity contribution in [1.29, 1.82) is 0 Å². The number of halogens is 2. The lowest BCUT2D eigenvalue weighted by Gasteiger charge is -2.30. The van der Waals surface area contributed by atoms with Crippen LogP contribution in [0.2, 0.25) is 5.02 Å². The molecule has 4 rings (SSSR count). The third-order valence-corrected chi connectivity index (χ3v) is 7.05. The van der Waals surface area contributed by atoms with Crippen LogP contribution in [0.25, 0.3) is 0 Å². The first-order valence-corrected chi connectivity index (χ1v) is 11.2. The summed E-state index contributed by atoms with van der Waals surface area (Å²) in [6.45, 7) is 0.365. The molecule has 1 aliphatic rings. The van der Waals surface area contributed by atoms with E-state index in [0.717, 1.165) is 12.0 Å². The van der Waals surface area contributed by atoms with Crippen LogP contribution in [0.15, 0.2) is 71.6 Å². The Morgan fingerprint density at radius 2 is 1.80 bits per heavy atom. The summed E-state index contributed by atoms with van der Waals surface area (Å²) in [6.07, 6.45) is 1.53. The molecule has 0 saturated heterocycles. The average molecular weight is 445 g/mol. The number of benzene rings is 3. The fraction of sp³-hybridized carbons (Fsp3) is 0.136. The zero-order chi connectivity index (χ0) is 21.3. The van der Waals surface area contributed by atoms with Gasteiger partial charge >= 0.3 is 0 Å². The van der Waals surface area contributed by atoms with Gasteiger partial charge in [0, 0.05) is 12.1 Å². The quantitative estimate of drug-likeness (QED) is 0.624. The van der Waals surface area contributed by atoms with Crippen LogP contribution in [0, 0.1) is 5.82 Å². The summed E-state index contributed by atoms with van der Waals surface area (Å²) >= 11 is 5.74. The standard InChI is InChI=1S/C22H18ClFN2O3S/c23-18-10-4-11-19(21(18)24)25-22(27)16-7-3-9-17(14-16)30(28,29)26-13-5-8-15-6-1-2-12-20(15)26/h1-4,6-7,9-12,14H,5,8,13H2,(H,25,27). The molecular formula is C22H18ClFN2O3S. The number of rotatable bonds is 4. The van der Waals surface area contributed by atoms with E-state index in [0.29, 0.717) is 18.7 Å². The van der Waals surface area contributed by atoms with E-state index >= 15 is 0 Å². The van der Waals surface area contributed by atoms with Crippen molar-refractivity contribution in [2.24, 2.45) is 0 Å². The zero-order valence-electron chi connectivity index (χ0n) is 15.8. The van der Waals surface area contributed by atoms with Crippen LogP contribution in [-0.4, -0.2) is 20.9 Å². The number of hydrogen-bond donors (Lipinski definition) is 1. The monoisotopic (exact) mass is 444 g/mol. The highest BCUT2D eigenvalue weighted by Crippen LogP contribution is 2.32. The molecule has 3 aromatic carbocycles. The summed E-state index contributed by atoms with van der Waals surface area (Å²) in [6, 6.07) is 17.4. The second kappa shape index (κ2) is 8.08. The van der Waals surface area contributed by atoms with Gasteiger partial charge in [-0.2, -0.15) is 0 Å². The predicted octanol–water partition coefficient (Wildman–Crippen LogP) is 4.87. The molecule has 5 nitrogen and oxygen atoms in total. The van der Waals surface area contributed by atoms with Gasteiger partial charge < -0.3 is 5.32 Å². The van der Waals surface area contributed by atoms with Gasteiger partial charge in [0.15, 0.2) is 5.82 Å². The third-order valence-electron chi connectivity index (χ3n) is 4.95. The number of amides is 1. The van der Waals surface area contributed by atoms with Gasteiger partial charge in [-0.05, 0) is 54.8 Å². The van der Waals surface area contributed by atoms with Gasteiger partial charge in [-0.3, -0.25) is 9.10 Å². The van der Waals surface area contributed by atoms with Crippen molar-refractivity contribution >= 4 is 38.9 Å². The maximum atomic E-state index is 14.1. The molecule has 1 N–H and O–H groups in total. The molecule has 0 radical (unpaired) electrons. The molecule has 3 aromatic rings. The van der Waals surface area contributed by atoms with Crippen LogP contribution in [0.5, 0.6) is 0 Å². The summed E-state index contributed by atoms with van der Waals surface area (Å²) in [7, 11) is -3.86. The van der Waals surface area contributed by atoms with Crippen LogP contribution in [0.1, 0.15) is 22.3 Å². The molecule has 0 unspecified atom stereocenters. The summed E-state index contributed by atoms with van der Waals surface area (Å²) in [5.74, 6) is -1.38. The normalized spacial score (nSPS) is 13.6. The lowest BCUT2D eigenvalue weighted by molar-refractivity contribution is 0.102. The molecule has 0 saturated carbocycles. The van der Waals surface area contributed by atoms with Gasteiger partial charge in [-0.15, -0.1) is 0 Å². The number of nitrogens with one attached hydrogen (secondary N) is 1. The highest BCUT2D eigenvalue weighted by atomic mass is 35.5. The molecule has 0 atom stereocenters. The predicted molar refractivity (Wildman–Crippen MR) is 115 cm³/mol. The number of para-hydroxylation sites is 1. The van der Waals surface area contributed by atoms with E-state index in [2.05, 4.69) is 5.32 Å². The molecular weight excluding hydrogens is 427 g/mol. The third kappa shape index (κ3) is 3.78. The Labute approximate surface area is 179 Å². The SMILES string of the molecule is O=C(Nc1cccc(Cl)c1F)c1cccc(S(=O)(=O)N2CCCc3ccccc32)c1. The number of sulfonamides is 1. The van der Waals surface area contributed by atoms with Crippen molar-refractivity contribution in [1.82, 2.24) is 0 Å². The van der Waals surface area contributed by atoms with E-state index in [4.69, 9.17) is 11.6 Å². The second-order valence-electron chi connectivity index (χ2n) is 6.89. The van der Waals surface area contributed by atoms with E-state index in [1.165, 1.54) is 46.8 Å². The summed E-state index contributed by atoms with van der Waals surface area (Å²) in [5, 5.41) is 2.32. The van der Waals surface area contributed by atoms with Crippen molar-refractivity contribution in [2.75, 3.05) is 16.2 Å². The van der Waals surface area contributed by atoms with Crippen molar-refractivity contribution < 1.29 is 17.6 Å². The van der Waals surface area contributed by atoms with Gasteiger partial charge in [-0.25, -0.2) is 12.8 Å². The molecule has 30 heavy (non-hydrogen) atoms. The Kier molecular flexibility index (Phi) is 5.49. The van der Waals surface area contributed by atoms with Crippen molar-refractivity contribution in [3.05, 3.63) is 88.7 Å². The fourth-order valence-electron chi connectivity index (χ4n) is 3.47. The first kappa shape index (κ1) is 20.4. The Morgan fingerprint density at radius 3 is 2.63 bits per heavy atom. The van der Waals surface area contributed by atoms with E-state index in [1.54, 1.807) is 12.1 Å². The van der Waals surface area contributed by atoms with Crippen molar-refractivity contribution in [2.45, 2.75) is 17.7 Å². The number of carbonyl (C=O) groups excluding carboxylic acids is 1. The topological polar surface area (TPSA) is 66.5 Å². The Bertz CT molecular complexity index is 1230. The van der Waals surface area contributed by atoms with Crippen LogP contribution < -0.4 is 9.62 Å². The summed E-state index contributed by atoms with van der Waals surface area (Å²) in [4.78, 5) is 12.6. The average Bonchev–Trinajstić information content (AvgIpc) is 2.76. The van der Waals surface area contributed by atoms with Gasteiger partial charge in [0.1, 0.15) is 0 Å². The van der Waals surface area contributed by atoms with Crippen molar-refractivity contribution in [3.63, 3.8) is 0 Å². The molecule has 0 bridgehead atoms. The van der Waals surface area contributed by atoms with E-state index in [9.17, 15) is 17.6 Å². The maximum absolute atomic E-state index is 14.1. The number of aryl methyl sites for hydroxylation is 1. The highest BCUT2D eigenvalue weighted by molar-refractivity contribution is 7.92. The van der Waals surface area contributed by atoms with Crippen molar-refractivity contribution in [3.8, 4) is 0 Å². The highest BCUT2D eigenvalue weighted by Gasteiger charge is 2.29. The first-order chi connectivity index (χ1) is 14.4. The molecule has 1 aliphatic heterocycles. The lowest BCUT2D eigenvalue weighted by atomic mass is 10.0. The number of anilines is 2. The molecule has 154 valence electrons. The van der Waals surface area contributed by atoms with Gasteiger partial charge in [0.2, 0.25) is 0 Å². The number of carbonyl (C=O) groups is 1. The number of hydrogen-bond acceptors (Lipinski definition) is 3. The molecule has 8 heteroatoms. The Morgan fingerprint density at radius 1 is 1.03 bits per heavy atom. The van der Waals surface area contributed by atoms with Crippen LogP contribution >= 0.6 is 11.6 Å². The van der Waals surface area contributed by atoms with E-state index in [-0.39, 0.29) is 21.2 Å². The minimum Gasteiger partial charge on any atom is -0.319 e. The zero-order valence-corrected chi connectivity index (χ0v) is 17.4. The second-order valence-corrected chi connectivity index (χ2v) is 9.16. The molecule has 0 fully saturated rings. The number of fused-ring (bicyclic) bond motifs is 1. The Hall–Kier alpha value is -2.90. The lowest BCUT2D eigenvalue weighted by Crippen LogP contribution is -2.35. The van der Waals surface area contributed by atoms with Crippen LogP contribution in [0.3, 0.4) is 0 Å². The van der Waals surface area contributed by atoms with Gasteiger partial charge in [0.05, 0.1) is 21.3 Å². The van der Waals surface area contributed by atoms with Crippen LogP contribution in [-0.2, 0) is 16.4 Å². The maximum Gasteiger partial charge on any atom is 0.264 e. The van der Waals surface area contributed by atoms with Gasteiger partial charge in [-0.1, -0.05) is 41.9 Å². The summed E-state index contributed by atoms with van der Waals surface area (Å²) in [5.41, 5.74) is 1.64. The molecule has 0 aliphatic carbocycles. The molecule has 1 heterocycles. The smallest absolute Gasteiger partial charge is 0.264 e. The largest absolute Gasteiger partial charge is 0.319 e. The molecule has 0 aromatic heterocycles. The minimum absolute atomic E-state index is 0.00146. The van der Waals surface area contributed by atoms with Crippen LogP contribution in [0.4, 0.5) is 15.8 Å². The van der Waals surface area contributed by atoms with Gasteiger partial charge in [0.25, 0.3) is 15.9 Å².